The van der Waals surface area contributed by atoms with Gasteiger partial charge in [-0.3, -0.25) is 0 Å². The molecular weight excluding hydrogens is 263 g/mol. The number of hydrogen-bond acceptors (Lipinski definition) is 1. The first-order valence-corrected chi connectivity index (χ1v) is 5.08. The van der Waals surface area contributed by atoms with Gasteiger partial charge >= 0.3 is 0 Å². The Bertz CT molecular complexity index is 265. The molecule has 0 heterocycles. The first-order valence-electron chi connectivity index (χ1n) is 3.38. The summed E-state index contributed by atoms with van der Waals surface area (Å²) < 4.78 is 6.21. The third kappa shape index (κ3) is 2.85. The van der Waals surface area contributed by atoms with E-state index in [-0.39, 0.29) is 0 Å². The van der Waals surface area contributed by atoms with E-state index < -0.39 is 0 Å². The number of halogens is 3. The molecule has 4 heteroatoms. The van der Waals surface area contributed by atoms with Gasteiger partial charge in [0.15, 0.2) is 0 Å². The average molecular weight is 270 g/mol. The summed E-state index contributed by atoms with van der Waals surface area (Å²) in [5.41, 5.74) is 0. The molecule has 0 unspecified atom stereocenters. The summed E-state index contributed by atoms with van der Waals surface area (Å²) in [7, 11) is 0. The average Bonchev–Trinajstić information content (AvgIpc) is 2.07. The quantitative estimate of drug-likeness (QED) is 0.760. The highest BCUT2D eigenvalue weighted by Crippen LogP contribution is 2.27. The van der Waals surface area contributed by atoms with E-state index in [4.69, 9.17) is 27.9 Å². The van der Waals surface area contributed by atoms with Crippen molar-refractivity contribution in [2.45, 2.75) is 0 Å². The molecule has 0 spiro atoms. The molecule has 1 nitrogen and oxygen atoms in total. The van der Waals surface area contributed by atoms with Gasteiger partial charge in [-0.05, 0) is 18.2 Å². The Morgan fingerprint density at radius 1 is 1.42 bits per heavy atom. The van der Waals surface area contributed by atoms with Crippen molar-refractivity contribution in [1.29, 1.82) is 0 Å². The van der Waals surface area contributed by atoms with Gasteiger partial charge in [0.25, 0.3) is 0 Å². The van der Waals surface area contributed by atoms with E-state index in [1.807, 2.05) is 12.1 Å². The lowest BCUT2D eigenvalue weighted by atomic mass is 10.3. The lowest BCUT2D eigenvalue weighted by Gasteiger charge is -2.05. The topological polar surface area (TPSA) is 9.23 Å². The van der Waals surface area contributed by atoms with Crippen molar-refractivity contribution in [2.24, 2.45) is 0 Å². The molecule has 0 atom stereocenters. The lowest BCUT2D eigenvalue weighted by Crippen LogP contribution is -1.98. The second kappa shape index (κ2) is 4.95. The normalized spacial score (nSPS) is 9.92. The first-order chi connectivity index (χ1) is 5.74. The Hall–Kier alpha value is 0.0800. The van der Waals surface area contributed by atoms with Crippen molar-refractivity contribution in [3.05, 3.63) is 27.7 Å². The molecule has 0 saturated heterocycles. The Morgan fingerprint density at radius 3 is 2.83 bits per heavy atom. The van der Waals surface area contributed by atoms with Crippen molar-refractivity contribution >= 4 is 39.1 Å². The Morgan fingerprint density at radius 2 is 2.17 bits per heavy atom. The van der Waals surface area contributed by atoms with Crippen LogP contribution in [0.5, 0.6) is 5.75 Å². The van der Waals surface area contributed by atoms with Crippen molar-refractivity contribution in [3.63, 3.8) is 0 Å². The van der Waals surface area contributed by atoms with Crippen LogP contribution in [0.4, 0.5) is 0 Å². The predicted molar refractivity (Wildman–Crippen MR) is 55.4 cm³/mol. The van der Waals surface area contributed by atoms with Gasteiger partial charge in [-0.25, -0.2) is 0 Å². The van der Waals surface area contributed by atoms with Crippen LogP contribution in [0.15, 0.2) is 22.7 Å². The fourth-order valence-corrected chi connectivity index (χ4v) is 1.33. The minimum absolute atomic E-state index is 0.461. The monoisotopic (exact) mass is 268 g/mol. The molecule has 0 aliphatic carbocycles. The maximum absolute atomic E-state index is 5.84. The third-order valence-electron chi connectivity index (χ3n) is 1.23. The minimum Gasteiger partial charge on any atom is -0.491 e. The van der Waals surface area contributed by atoms with Gasteiger partial charge in [0.2, 0.25) is 0 Å². The summed E-state index contributed by atoms with van der Waals surface area (Å²) in [6, 6.07) is 5.44. The van der Waals surface area contributed by atoms with Crippen LogP contribution in [0, 0.1) is 0 Å². The Balaban J connectivity index is 2.75. The van der Waals surface area contributed by atoms with Crippen molar-refractivity contribution in [2.75, 3.05) is 12.5 Å². The summed E-state index contributed by atoms with van der Waals surface area (Å²) in [6.45, 7) is 0.470. The largest absolute Gasteiger partial charge is 0.491 e. The first kappa shape index (κ1) is 10.2. The maximum Gasteiger partial charge on any atom is 0.139 e. The van der Waals surface area contributed by atoms with Gasteiger partial charge in [0, 0.05) is 4.47 Å². The fraction of sp³-hybridized carbons (Fsp3) is 0.250. The summed E-state index contributed by atoms with van der Waals surface area (Å²) in [5, 5.41) is 0.600. The molecule has 0 aliphatic rings. The van der Waals surface area contributed by atoms with Gasteiger partial charge in [-0.15, -0.1) is 11.6 Å². The lowest BCUT2D eigenvalue weighted by molar-refractivity contribution is 0.343. The van der Waals surface area contributed by atoms with E-state index in [0.29, 0.717) is 23.3 Å². The number of hydrogen-bond donors (Lipinski definition) is 0. The molecule has 1 rings (SSSR count). The van der Waals surface area contributed by atoms with Crippen molar-refractivity contribution in [3.8, 4) is 5.75 Å². The zero-order valence-corrected chi connectivity index (χ0v) is 9.29. The predicted octanol–water partition coefficient (Wildman–Crippen LogP) is 3.72. The second-order valence-corrected chi connectivity index (χ2v) is 3.81. The number of ether oxygens (including phenoxy) is 1. The van der Waals surface area contributed by atoms with Crippen LogP contribution < -0.4 is 4.74 Å². The summed E-state index contributed by atoms with van der Waals surface area (Å²) in [6.07, 6.45) is 0. The molecule has 0 fully saturated rings. The highest BCUT2D eigenvalue weighted by atomic mass is 79.9. The van der Waals surface area contributed by atoms with Crippen LogP contribution in [0.25, 0.3) is 0 Å². The van der Waals surface area contributed by atoms with E-state index in [9.17, 15) is 0 Å². The van der Waals surface area contributed by atoms with Gasteiger partial charge in [-0.2, -0.15) is 0 Å². The highest BCUT2D eigenvalue weighted by molar-refractivity contribution is 9.10. The molecule has 66 valence electrons. The third-order valence-corrected chi connectivity index (χ3v) is 2.19. The van der Waals surface area contributed by atoms with Gasteiger partial charge in [0.05, 0.1) is 10.9 Å². The van der Waals surface area contributed by atoms with Crippen LogP contribution in [-0.4, -0.2) is 12.5 Å². The standard InChI is InChI=1S/C8H7BrCl2O/c9-6-1-2-7(11)8(5-6)12-4-3-10/h1-2,5H,3-4H2. The zero-order chi connectivity index (χ0) is 8.97. The minimum atomic E-state index is 0.461. The molecule has 0 aromatic heterocycles. The van der Waals surface area contributed by atoms with Crippen LogP contribution in [0.3, 0.4) is 0 Å². The van der Waals surface area contributed by atoms with E-state index in [2.05, 4.69) is 15.9 Å². The van der Waals surface area contributed by atoms with E-state index in [1.54, 1.807) is 6.07 Å². The number of rotatable bonds is 3. The Labute approximate surface area is 89.7 Å². The van der Waals surface area contributed by atoms with Gasteiger partial charge in [-0.1, -0.05) is 27.5 Å². The fourth-order valence-electron chi connectivity index (χ4n) is 0.736. The summed E-state index contributed by atoms with van der Waals surface area (Å²) >= 11 is 14.6. The second-order valence-electron chi connectivity index (χ2n) is 2.11. The Kier molecular flexibility index (Phi) is 4.19. The van der Waals surface area contributed by atoms with E-state index >= 15 is 0 Å². The van der Waals surface area contributed by atoms with Crippen LogP contribution in [-0.2, 0) is 0 Å². The molecule has 0 aliphatic heterocycles. The molecule has 0 N–H and O–H groups in total. The van der Waals surface area contributed by atoms with E-state index in [0.717, 1.165) is 4.47 Å². The number of benzene rings is 1. The molecular formula is C8H7BrCl2O. The molecule has 0 radical (unpaired) electrons. The summed E-state index contributed by atoms with van der Waals surface area (Å²) in [4.78, 5) is 0. The van der Waals surface area contributed by atoms with Crippen molar-refractivity contribution in [1.82, 2.24) is 0 Å². The molecule has 0 saturated carbocycles. The van der Waals surface area contributed by atoms with Crippen LogP contribution in [0.1, 0.15) is 0 Å². The van der Waals surface area contributed by atoms with E-state index in [1.165, 1.54) is 0 Å². The molecule has 1 aromatic carbocycles. The maximum atomic E-state index is 5.84. The highest BCUT2D eigenvalue weighted by Gasteiger charge is 2.00. The smallest absolute Gasteiger partial charge is 0.139 e. The molecule has 0 amide bonds. The van der Waals surface area contributed by atoms with Gasteiger partial charge in [0.1, 0.15) is 12.4 Å². The SMILES string of the molecule is ClCCOc1cc(Br)ccc1Cl. The molecule has 0 bridgehead atoms. The molecule has 1 aromatic rings. The van der Waals surface area contributed by atoms with Crippen molar-refractivity contribution < 1.29 is 4.74 Å². The zero-order valence-electron chi connectivity index (χ0n) is 6.19. The molecule has 12 heavy (non-hydrogen) atoms. The number of alkyl halides is 1. The van der Waals surface area contributed by atoms with Crippen LogP contribution in [0.2, 0.25) is 5.02 Å². The van der Waals surface area contributed by atoms with Crippen LogP contribution >= 0.6 is 39.1 Å². The summed E-state index contributed by atoms with van der Waals surface area (Å²) in [5.74, 6) is 1.12. The van der Waals surface area contributed by atoms with Gasteiger partial charge < -0.3 is 4.74 Å².